The van der Waals surface area contributed by atoms with E-state index in [2.05, 4.69) is 36.5 Å². The maximum absolute atomic E-state index is 4.29. The third-order valence-electron chi connectivity index (χ3n) is 2.08. The maximum Gasteiger partial charge on any atom is 0.128 e. The Morgan fingerprint density at radius 3 is 3.00 bits per heavy atom. The SMILES string of the molecule is CSCC(C)CNc1ncccc1C. The second-order valence-corrected chi connectivity index (χ2v) is 4.52. The van der Waals surface area contributed by atoms with Gasteiger partial charge in [0.2, 0.25) is 0 Å². The molecule has 0 aliphatic carbocycles. The minimum absolute atomic E-state index is 0.686. The number of pyridine rings is 1. The van der Waals surface area contributed by atoms with Gasteiger partial charge in [-0.05, 0) is 36.5 Å². The van der Waals surface area contributed by atoms with Gasteiger partial charge in [-0.15, -0.1) is 0 Å². The fraction of sp³-hybridized carbons (Fsp3) is 0.545. The molecule has 0 aromatic carbocycles. The second-order valence-electron chi connectivity index (χ2n) is 3.61. The van der Waals surface area contributed by atoms with Gasteiger partial charge in [0.05, 0.1) is 0 Å². The average Bonchev–Trinajstić information content (AvgIpc) is 2.17. The summed E-state index contributed by atoms with van der Waals surface area (Å²) in [6.45, 7) is 5.33. The molecule has 0 spiro atoms. The van der Waals surface area contributed by atoms with Gasteiger partial charge in [0, 0.05) is 12.7 Å². The molecule has 1 aromatic rings. The molecule has 1 heterocycles. The summed E-state index contributed by atoms with van der Waals surface area (Å²) in [6, 6.07) is 4.04. The van der Waals surface area contributed by atoms with Crippen molar-refractivity contribution in [1.82, 2.24) is 4.98 Å². The molecule has 3 heteroatoms. The van der Waals surface area contributed by atoms with E-state index < -0.39 is 0 Å². The summed E-state index contributed by atoms with van der Waals surface area (Å²) in [5, 5.41) is 3.37. The first-order valence-electron chi connectivity index (χ1n) is 4.88. The zero-order chi connectivity index (χ0) is 10.4. The smallest absolute Gasteiger partial charge is 0.128 e. The van der Waals surface area contributed by atoms with E-state index in [0.717, 1.165) is 12.4 Å². The number of anilines is 1. The Morgan fingerprint density at radius 2 is 2.36 bits per heavy atom. The van der Waals surface area contributed by atoms with E-state index in [4.69, 9.17) is 0 Å². The summed E-state index contributed by atoms with van der Waals surface area (Å²) in [5.41, 5.74) is 1.21. The summed E-state index contributed by atoms with van der Waals surface area (Å²) in [4.78, 5) is 4.29. The number of aromatic nitrogens is 1. The molecule has 78 valence electrons. The predicted octanol–water partition coefficient (Wildman–Crippen LogP) is 2.80. The van der Waals surface area contributed by atoms with Crippen LogP contribution in [0, 0.1) is 12.8 Å². The molecule has 2 nitrogen and oxygen atoms in total. The van der Waals surface area contributed by atoms with E-state index in [0.29, 0.717) is 5.92 Å². The van der Waals surface area contributed by atoms with Gasteiger partial charge in [0.15, 0.2) is 0 Å². The van der Waals surface area contributed by atoms with Crippen LogP contribution >= 0.6 is 11.8 Å². The number of nitrogens with one attached hydrogen (secondary N) is 1. The molecule has 1 N–H and O–H groups in total. The number of hydrogen-bond acceptors (Lipinski definition) is 3. The molecular formula is C11H18N2S. The molecule has 0 fully saturated rings. The van der Waals surface area contributed by atoms with E-state index in [1.165, 1.54) is 11.3 Å². The van der Waals surface area contributed by atoms with Crippen molar-refractivity contribution in [2.24, 2.45) is 5.92 Å². The summed E-state index contributed by atoms with van der Waals surface area (Å²) < 4.78 is 0. The monoisotopic (exact) mass is 210 g/mol. The molecule has 1 rings (SSSR count). The second kappa shape index (κ2) is 5.91. The van der Waals surface area contributed by atoms with Crippen molar-refractivity contribution in [3.8, 4) is 0 Å². The van der Waals surface area contributed by atoms with Crippen LogP contribution in [0.2, 0.25) is 0 Å². The number of aryl methyl sites for hydroxylation is 1. The molecular weight excluding hydrogens is 192 g/mol. The zero-order valence-corrected chi connectivity index (χ0v) is 9.90. The maximum atomic E-state index is 4.29. The van der Waals surface area contributed by atoms with Crippen molar-refractivity contribution in [3.63, 3.8) is 0 Å². The molecule has 0 radical (unpaired) electrons. The van der Waals surface area contributed by atoms with Gasteiger partial charge >= 0.3 is 0 Å². The van der Waals surface area contributed by atoms with E-state index in [1.54, 1.807) is 0 Å². The van der Waals surface area contributed by atoms with Crippen molar-refractivity contribution < 1.29 is 0 Å². The highest BCUT2D eigenvalue weighted by atomic mass is 32.2. The molecule has 1 aromatic heterocycles. The number of rotatable bonds is 5. The van der Waals surface area contributed by atoms with Crippen LogP contribution < -0.4 is 5.32 Å². The Bertz CT molecular complexity index is 276. The van der Waals surface area contributed by atoms with Crippen LogP contribution in [0.15, 0.2) is 18.3 Å². The molecule has 0 bridgehead atoms. The highest BCUT2D eigenvalue weighted by Gasteiger charge is 2.02. The van der Waals surface area contributed by atoms with E-state index in [9.17, 15) is 0 Å². The number of nitrogens with zero attached hydrogens (tertiary/aromatic N) is 1. The van der Waals surface area contributed by atoms with Crippen LogP contribution in [0.25, 0.3) is 0 Å². The zero-order valence-electron chi connectivity index (χ0n) is 9.08. The summed E-state index contributed by atoms with van der Waals surface area (Å²) >= 11 is 1.89. The Labute approximate surface area is 90.5 Å². The number of hydrogen-bond donors (Lipinski definition) is 1. The quantitative estimate of drug-likeness (QED) is 0.809. The van der Waals surface area contributed by atoms with Gasteiger partial charge in [0.25, 0.3) is 0 Å². The lowest BCUT2D eigenvalue weighted by molar-refractivity contribution is 0.699. The molecule has 0 saturated carbocycles. The Balaban J connectivity index is 2.41. The van der Waals surface area contributed by atoms with E-state index in [1.807, 2.05) is 24.0 Å². The van der Waals surface area contributed by atoms with E-state index >= 15 is 0 Å². The van der Waals surface area contributed by atoms with Gasteiger partial charge in [-0.25, -0.2) is 4.98 Å². The molecule has 0 amide bonds. The van der Waals surface area contributed by atoms with E-state index in [-0.39, 0.29) is 0 Å². The van der Waals surface area contributed by atoms with Crippen LogP contribution in [-0.4, -0.2) is 23.5 Å². The fourth-order valence-corrected chi connectivity index (χ4v) is 1.97. The van der Waals surface area contributed by atoms with Crippen molar-refractivity contribution in [1.29, 1.82) is 0 Å². The minimum Gasteiger partial charge on any atom is -0.370 e. The average molecular weight is 210 g/mol. The van der Waals surface area contributed by atoms with Crippen molar-refractivity contribution >= 4 is 17.6 Å². The van der Waals surface area contributed by atoms with Gasteiger partial charge in [-0.3, -0.25) is 0 Å². The lowest BCUT2D eigenvalue weighted by Gasteiger charge is -2.12. The molecule has 0 aliphatic heterocycles. The lowest BCUT2D eigenvalue weighted by atomic mass is 10.2. The predicted molar refractivity (Wildman–Crippen MR) is 65.0 cm³/mol. The Morgan fingerprint density at radius 1 is 1.57 bits per heavy atom. The Kier molecular flexibility index (Phi) is 4.80. The van der Waals surface area contributed by atoms with Gasteiger partial charge in [0.1, 0.15) is 5.82 Å². The largest absolute Gasteiger partial charge is 0.370 e. The molecule has 14 heavy (non-hydrogen) atoms. The molecule has 1 atom stereocenters. The first-order valence-corrected chi connectivity index (χ1v) is 6.28. The third kappa shape index (κ3) is 3.58. The van der Waals surface area contributed by atoms with Gasteiger partial charge < -0.3 is 5.32 Å². The third-order valence-corrected chi connectivity index (χ3v) is 2.98. The minimum atomic E-state index is 0.686. The summed E-state index contributed by atoms with van der Waals surface area (Å²) in [7, 11) is 0. The van der Waals surface area contributed by atoms with Crippen molar-refractivity contribution in [3.05, 3.63) is 23.9 Å². The topological polar surface area (TPSA) is 24.9 Å². The standard InChI is InChI=1S/C11H18N2S/c1-9(8-14-3)7-13-11-10(2)5-4-6-12-11/h4-6,9H,7-8H2,1-3H3,(H,12,13). The van der Waals surface area contributed by atoms with Gasteiger partial charge in [-0.1, -0.05) is 13.0 Å². The molecule has 1 unspecified atom stereocenters. The highest BCUT2D eigenvalue weighted by Crippen LogP contribution is 2.11. The molecule has 0 saturated heterocycles. The van der Waals surface area contributed by atoms with Crippen LogP contribution in [0.4, 0.5) is 5.82 Å². The summed E-state index contributed by atoms with van der Waals surface area (Å²) in [5.74, 6) is 2.89. The first kappa shape index (κ1) is 11.4. The number of thioether (sulfide) groups is 1. The van der Waals surface area contributed by atoms with Crippen LogP contribution in [0.3, 0.4) is 0 Å². The van der Waals surface area contributed by atoms with Crippen LogP contribution in [0.1, 0.15) is 12.5 Å². The molecule has 0 aliphatic rings. The first-order chi connectivity index (χ1) is 6.74. The van der Waals surface area contributed by atoms with Crippen LogP contribution in [0.5, 0.6) is 0 Å². The van der Waals surface area contributed by atoms with Gasteiger partial charge in [-0.2, -0.15) is 11.8 Å². The van der Waals surface area contributed by atoms with Crippen LogP contribution in [-0.2, 0) is 0 Å². The normalized spacial score (nSPS) is 12.5. The fourth-order valence-electron chi connectivity index (χ4n) is 1.29. The van der Waals surface area contributed by atoms with Crippen molar-refractivity contribution in [2.75, 3.05) is 23.9 Å². The van der Waals surface area contributed by atoms with Crippen molar-refractivity contribution in [2.45, 2.75) is 13.8 Å². The highest BCUT2D eigenvalue weighted by molar-refractivity contribution is 7.98. The summed E-state index contributed by atoms with van der Waals surface area (Å²) in [6.07, 6.45) is 3.97. The Hall–Kier alpha value is -0.700. The lowest BCUT2D eigenvalue weighted by Crippen LogP contribution is -2.14.